The van der Waals surface area contributed by atoms with Crippen molar-refractivity contribution in [2.24, 2.45) is 5.92 Å². The lowest BCUT2D eigenvalue weighted by molar-refractivity contribution is -0.131. The lowest BCUT2D eigenvalue weighted by Gasteiger charge is -2.27. The van der Waals surface area contributed by atoms with Gasteiger partial charge < -0.3 is 9.64 Å². The number of nitrogens with zero attached hydrogens (tertiary/aromatic N) is 1. The molecule has 16 heavy (non-hydrogen) atoms. The number of ether oxygens (including phenoxy) is 1. The highest BCUT2D eigenvalue weighted by molar-refractivity contribution is 9.09. The molecule has 0 aromatic carbocycles. The molecule has 3 nitrogen and oxygen atoms in total. The number of hydrogen-bond acceptors (Lipinski definition) is 2. The van der Waals surface area contributed by atoms with Gasteiger partial charge in [-0.2, -0.15) is 0 Å². The molecule has 0 saturated carbocycles. The van der Waals surface area contributed by atoms with Gasteiger partial charge in [-0.05, 0) is 31.6 Å². The van der Waals surface area contributed by atoms with Crippen LogP contribution in [-0.2, 0) is 9.53 Å². The fraction of sp³-hybridized carbons (Fsp3) is 0.917. The van der Waals surface area contributed by atoms with Crippen molar-refractivity contribution in [2.45, 2.75) is 32.1 Å². The van der Waals surface area contributed by atoms with Gasteiger partial charge in [0.25, 0.3) is 0 Å². The molecule has 0 aromatic rings. The van der Waals surface area contributed by atoms with Crippen LogP contribution in [0.25, 0.3) is 0 Å². The standard InChI is InChI=1S/C12H22BrNO2/c1-14(12(15)4-2-3-7-13)10-11-5-8-16-9-6-11/h11H,2-10H2,1H3. The largest absolute Gasteiger partial charge is 0.381 e. The summed E-state index contributed by atoms with van der Waals surface area (Å²) in [5.74, 6) is 0.923. The highest BCUT2D eigenvalue weighted by Gasteiger charge is 2.18. The molecule has 0 aliphatic carbocycles. The van der Waals surface area contributed by atoms with Gasteiger partial charge in [-0.25, -0.2) is 0 Å². The Balaban J connectivity index is 2.16. The SMILES string of the molecule is CN(CC1CCOCC1)C(=O)CCCCBr. The van der Waals surface area contributed by atoms with E-state index in [9.17, 15) is 4.79 Å². The van der Waals surface area contributed by atoms with Crippen LogP contribution in [0.15, 0.2) is 0 Å². The first kappa shape index (κ1) is 14.0. The maximum absolute atomic E-state index is 11.8. The van der Waals surface area contributed by atoms with E-state index >= 15 is 0 Å². The number of amides is 1. The van der Waals surface area contributed by atoms with Crippen molar-refractivity contribution >= 4 is 21.8 Å². The fourth-order valence-corrected chi connectivity index (χ4v) is 2.38. The van der Waals surface area contributed by atoms with Crippen LogP contribution >= 0.6 is 15.9 Å². The molecule has 0 unspecified atom stereocenters. The number of unbranched alkanes of at least 4 members (excludes halogenated alkanes) is 1. The summed E-state index contributed by atoms with van der Waals surface area (Å²) in [4.78, 5) is 13.7. The van der Waals surface area contributed by atoms with E-state index in [-0.39, 0.29) is 5.91 Å². The lowest BCUT2D eigenvalue weighted by Crippen LogP contribution is -2.34. The first-order chi connectivity index (χ1) is 7.74. The Morgan fingerprint density at radius 1 is 1.38 bits per heavy atom. The van der Waals surface area contributed by atoms with Gasteiger partial charge in [-0.3, -0.25) is 4.79 Å². The van der Waals surface area contributed by atoms with E-state index in [4.69, 9.17) is 4.74 Å². The van der Waals surface area contributed by atoms with Crippen molar-refractivity contribution in [3.05, 3.63) is 0 Å². The van der Waals surface area contributed by atoms with Crippen LogP contribution in [0.5, 0.6) is 0 Å². The molecular formula is C12H22BrNO2. The zero-order chi connectivity index (χ0) is 11.8. The van der Waals surface area contributed by atoms with Gasteiger partial charge in [-0.1, -0.05) is 15.9 Å². The summed E-state index contributed by atoms with van der Waals surface area (Å²) in [6, 6.07) is 0. The molecule has 0 atom stereocenters. The third-order valence-electron chi connectivity index (χ3n) is 3.07. The van der Waals surface area contributed by atoms with Gasteiger partial charge in [0.1, 0.15) is 0 Å². The molecule has 1 aliphatic heterocycles. The number of alkyl halides is 1. The second kappa shape index (κ2) is 8.07. The molecule has 1 fully saturated rings. The van der Waals surface area contributed by atoms with Gasteiger partial charge in [-0.15, -0.1) is 0 Å². The molecule has 1 amide bonds. The molecule has 1 saturated heterocycles. The van der Waals surface area contributed by atoms with Crippen LogP contribution in [0.4, 0.5) is 0 Å². The van der Waals surface area contributed by atoms with Crippen LogP contribution < -0.4 is 0 Å². The number of hydrogen-bond donors (Lipinski definition) is 0. The predicted octanol–water partition coefficient (Wildman–Crippen LogP) is 2.44. The third-order valence-corrected chi connectivity index (χ3v) is 3.63. The maximum atomic E-state index is 11.8. The molecule has 0 radical (unpaired) electrons. The minimum Gasteiger partial charge on any atom is -0.381 e. The van der Waals surface area contributed by atoms with Gasteiger partial charge in [0.15, 0.2) is 0 Å². The van der Waals surface area contributed by atoms with Gasteiger partial charge >= 0.3 is 0 Å². The zero-order valence-electron chi connectivity index (χ0n) is 10.1. The quantitative estimate of drug-likeness (QED) is 0.556. The van der Waals surface area contributed by atoms with E-state index in [0.29, 0.717) is 12.3 Å². The minimum atomic E-state index is 0.285. The van der Waals surface area contributed by atoms with Crippen molar-refractivity contribution in [2.75, 3.05) is 32.1 Å². The van der Waals surface area contributed by atoms with Crippen molar-refractivity contribution in [1.29, 1.82) is 0 Å². The van der Waals surface area contributed by atoms with E-state index in [1.165, 1.54) is 0 Å². The lowest BCUT2D eigenvalue weighted by atomic mass is 10.00. The van der Waals surface area contributed by atoms with Crippen molar-refractivity contribution in [1.82, 2.24) is 4.90 Å². The second-order valence-electron chi connectivity index (χ2n) is 4.48. The van der Waals surface area contributed by atoms with Crippen molar-refractivity contribution in [3.63, 3.8) is 0 Å². The summed E-state index contributed by atoms with van der Waals surface area (Å²) in [7, 11) is 1.92. The van der Waals surface area contributed by atoms with Crippen LogP contribution in [-0.4, -0.2) is 42.9 Å². The molecule has 0 bridgehead atoms. The Hall–Kier alpha value is -0.0900. The summed E-state index contributed by atoms with van der Waals surface area (Å²) in [5.41, 5.74) is 0. The van der Waals surface area contributed by atoms with Crippen molar-refractivity contribution in [3.8, 4) is 0 Å². The second-order valence-corrected chi connectivity index (χ2v) is 5.27. The molecule has 1 aliphatic rings. The average Bonchev–Trinajstić information content (AvgIpc) is 2.30. The van der Waals surface area contributed by atoms with Gasteiger partial charge in [0.05, 0.1) is 0 Å². The predicted molar refractivity (Wildman–Crippen MR) is 68.8 cm³/mol. The molecular weight excluding hydrogens is 270 g/mol. The monoisotopic (exact) mass is 291 g/mol. The van der Waals surface area contributed by atoms with Crippen LogP contribution in [0, 0.1) is 5.92 Å². The van der Waals surface area contributed by atoms with Crippen LogP contribution in [0.2, 0.25) is 0 Å². The van der Waals surface area contributed by atoms with E-state index in [2.05, 4.69) is 15.9 Å². The molecule has 1 heterocycles. The first-order valence-corrected chi connectivity index (χ1v) is 7.24. The molecule has 94 valence electrons. The normalized spacial score (nSPS) is 17.4. The zero-order valence-corrected chi connectivity index (χ0v) is 11.7. The Morgan fingerprint density at radius 2 is 2.06 bits per heavy atom. The average molecular weight is 292 g/mol. The summed E-state index contributed by atoms with van der Waals surface area (Å²) >= 11 is 3.38. The molecule has 0 aromatic heterocycles. The van der Waals surface area contributed by atoms with E-state index in [0.717, 1.165) is 50.8 Å². The third kappa shape index (κ3) is 5.30. The highest BCUT2D eigenvalue weighted by Crippen LogP contribution is 2.16. The van der Waals surface area contributed by atoms with Crippen LogP contribution in [0.3, 0.4) is 0 Å². The van der Waals surface area contributed by atoms with E-state index in [1.807, 2.05) is 11.9 Å². The molecule has 4 heteroatoms. The van der Waals surface area contributed by atoms with E-state index < -0.39 is 0 Å². The Kier molecular flexibility index (Phi) is 7.05. The molecule has 0 N–H and O–H groups in total. The Morgan fingerprint density at radius 3 is 2.69 bits per heavy atom. The van der Waals surface area contributed by atoms with Gasteiger partial charge in [0, 0.05) is 38.6 Å². The summed E-state index contributed by atoms with van der Waals surface area (Å²) in [6.45, 7) is 2.61. The maximum Gasteiger partial charge on any atom is 0.222 e. The summed E-state index contributed by atoms with van der Waals surface area (Å²) in [5, 5.41) is 0.990. The Labute approximate surface area is 107 Å². The number of carbonyl (C=O) groups excluding carboxylic acids is 1. The van der Waals surface area contributed by atoms with Crippen molar-refractivity contribution < 1.29 is 9.53 Å². The Bertz CT molecular complexity index is 205. The summed E-state index contributed by atoms with van der Waals surface area (Å²) < 4.78 is 5.31. The topological polar surface area (TPSA) is 29.5 Å². The highest BCUT2D eigenvalue weighted by atomic mass is 79.9. The molecule has 1 rings (SSSR count). The first-order valence-electron chi connectivity index (χ1n) is 6.11. The van der Waals surface area contributed by atoms with Crippen LogP contribution in [0.1, 0.15) is 32.1 Å². The number of carbonyl (C=O) groups is 1. The van der Waals surface area contributed by atoms with E-state index in [1.54, 1.807) is 0 Å². The minimum absolute atomic E-state index is 0.285. The number of rotatable bonds is 6. The fourth-order valence-electron chi connectivity index (χ4n) is 1.98. The smallest absolute Gasteiger partial charge is 0.222 e. The molecule has 0 spiro atoms. The van der Waals surface area contributed by atoms with Gasteiger partial charge in [0.2, 0.25) is 5.91 Å². The summed E-state index contributed by atoms with van der Waals surface area (Å²) in [6.07, 6.45) is 4.95. The number of halogens is 1.